The standard InChI is InChI=1S/C25H29N5O2S/c1-25(2,3)29-14-12-17(15-29)23-22(20-7-5-6-13-26-20)28-24(33)30(23)19-10-8-18(9-11-19)27-21(31)16-32-4/h5-15,22-23H,16H2,1-4H3,(H,27,31)(H,28,33)/t22-,23+/m1/s1. The normalized spacial score (nSPS) is 18.3. The molecule has 0 spiro atoms. The lowest BCUT2D eigenvalue weighted by atomic mass is 9.98. The van der Waals surface area contributed by atoms with E-state index in [4.69, 9.17) is 17.0 Å². The Morgan fingerprint density at radius 2 is 1.94 bits per heavy atom. The van der Waals surface area contributed by atoms with Crippen LogP contribution >= 0.6 is 12.2 Å². The number of ether oxygens (including phenoxy) is 1. The van der Waals surface area contributed by atoms with Crippen molar-refractivity contribution in [1.29, 1.82) is 0 Å². The van der Waals surface area contributed by atoms with Gasteiger partial charge in [0.2, 0.25) is 5.91 Å². The van der Waals surface area contributed by atoms with Crippen LogP contribution in [0.25, 0.3) is 0 Å². The molecule has 1 aliphatic rings. The van der Waals surface area contributed by atoms with Crippen LogP contribution in [-0.2, 0) is 15.1 Å². The Balaban J connectivity index is 1.70. The van der Waals surface area contributed by atoms with Crippen molar-refractivity contribution >= 4 is 34.6 Å². The van der Waals surface area contributed by atoms with Crippen molar-refractivity contribution in [2.75, 3.05) is 23.9 Å². The molecule has 4 rings (SSSR count). The van der Waals surface area contributed by atoms with E-state index in [1.165, 1.54) is 7.11 Å². The highest BCUT2D eigenvalue weighted by molar-refractivity contribution is 7.80. The highest BCUT2D eigenvalue weighted by atomic mass is 32.1. The topological polar surface area (TPSA) is 71.4 Å². The molecule has 3 aromatic rings. The first-order valence-electron chi connectivity index (χ1n) is 10.9. The summed E-state index contributed by atoms with van der Waals surface area (Å²) in [6.45, 7) is 6.55. The van der Waals surface area contributed by atoms with Crippen LogP contribution in [-0.4, -0.2) is 34.3 Å². The lowest BCUT2D eigenvalue weighted by Gasteiger charge is -2.28. The summed E-state index contributed by atoms with van der Waals surface area (Å²) in [4.78, 5) is 18.6. The van der Waals surface area contributed by atoms with Gasteiger partial charge in [-0.05, 0) is 81.0 Å². The van der Waals surface area contributed by atoms with Crippen LogP contribution in [0.4, 0.5) is 11.4 Å². The lowest BCUT2D eigenvalue weighted by molar-refractivity contribution is -0.119. The number of thiocarbonyl (C=S) groups is 1. The van der Waals surface area contributed by atoms with Gasteiger partial charge in [-0.25, -0.2) is 0 Å². The molecule has 2 aromatic heterocycles. The second kappa shape index (κ2) is 9.33. The summed E-state index contributed by atoms with van der Waals surface area (Å²) in [5.74, 6) is -0.194. The minimum Gasteiger partial charge on any atom is -0.375 e. The number of pyridine rings is 1. The van der Waals surface area contributed by atoms with Gasteiger partial charge in [0, 0.05) is 42.6 Å². The van der Waals surface area contributed by atoms with Crippen LogP contribution in [0.15, 0.2) is 67.1 Å². The van der Waals surface area contributed by atoms with E-state index < -0.39 is 0 Å². The molecule has 1 saturated heterocycles. The van der Waals surface area contributed by atoms with Crippen molar-refractivity contribution in [2.45, 2.75) is 38.4 Å². The minimum absolute atomic E-state index is 0.0144. The smallest absolute Gasteiger partial charge is 0.250 e. The van der Waals surface area contributed by atoms with Crippen molar-refractivity contribution in [3.8, 4) is 0 Å². The Morgan fingerprint density at radius 1 is 1.18 bits per heavy atom. The maximum absolute atomic E-state index is 11.8. The summed E-state index contributed by atoms with van der Waals surface area (Å²) in [7, 11) is 1.50. The number of carbonyl (C=O) groups is 1. The molecule has 2 atom stereocenters. The number of hydrogen-bond acceptors (Lipinski definition) is 4. The van der Waals surface area contributed by atoms with E-state index >= 15 is 0 Å². The average Bonchev–Trinajstić information content (AvgIpc) is 3.40. The van der Waals surface area contributed by atoms with Crippen molar-refractivity contribution in [3.63, 3.8) is 0 Å². The van der Waals surface area contributed by atoms with Gasteiger partial charge in [-0.2, -0.15) is 0 Å². The number of anilines is 2. The van der Waals surface area contributed by atoms with Crippen LogP contribution in [0.3, 0.4) is 0 Å². The SMILES string of the molecule is COCC(=O)Nc1ccc(N2C(=S)N[C@H](c3ccccn3)[C@@H]2c2ccn(C(C)(C)C)c2)cc1. The number of methoxy groups -OCH3 is 1. The second-order valence-electron chi connectivity index (χ2n) is 9.05. The van der Waals surface area contributed by atoms with Crippen LogP contribution in [0, 0.1) is 0 Å². The van der Waals surface area contributed by atoms with Gasteiger partial charge in [-0.15, -0.1) is 0 Å². The molecule has 2 N–H and O–H groups in total. The maximum atomic E-state index is 11.8. The fourth-order valence-electron chi connectivity index (χ4n) is 4.01. The Hall–Kier alpha value is -3.23. The fourth-order valence-corrected chi connectivity index (χ4v) is 4.36. The molecule has 0 radical (unpaired) electrons. The third-order valence-corrected chi connectivity index (χ3v) is 5.95. The largest absolute Gasteiger partial charge is 0.375 e. The third kappa shape index (κ3) is 4.91. The molecule has 172 valence electrons. The van der Waals surface area contributed by atoms with E-state index in [0.29, 0.717) is 10.8 Å². The first-order chi connectivity index (χ1) is 15.8. The first kappa shape index (κ1) is 22.9. The summed E-state index contributed by atoms with van der Waals surface area (Å²) in [5.41, 5.74) is 3.68. The maximum Gasteiger partial charge on any atom is 0.250 e. The molecular weight excluding hydrogens is 434 g/mol. The summed E-state index contributed by atoms with van der Waals surface area (Å²) in [6.07, 6.45) is 6.10. The Labute approximate surface area is 199 Å². The van der Waals surface area contributed by atoms with Gasteiger partial charge in [-0.1, -0.05) is 6.07 Å². The zero-order valence-electron chi connectivity index (χ0n) is 19.3. The van der Waals surface area contributed by atoms with Gasteiger partial charge in [0.1, 0.15) is 6.61 Å². The zero-order chi connectivity index (χ0) is 23.6. The van der Waals surface area contributed by atoms with E-state index in [-0.39, 0.29) is 30.1 Å². The molecule has 7 nitrogen and oxygen atoms in total. The van der Waals surface area contributed by atoms with Crippen LogP contribution in [0.5, 0.6) is 0 Å². The molecule has 1 aliphatic heterocycles. The van der Waals surface area contributed by atoms with Crippen LogP contribution in [0.2, 0.25) is 0 Å². The monoisotopic (exact) mass is 463 g/mol. The summed E-state index contributed by atoms with van der Waals surface area (Å²) < 4.78 is 7.10. The number of aromatic nitrogens is 2. The zero-order valence-corrected chi connectivity index (χ0v) is 20.1. The van der Waals surface area contributed by atoms with Crippen molar-refractivity contribution in [1.82, 2.24) is 14.9 Å². The van der Waals surface area contributed by atoms with E-state index in [9.17, 15) is 4.79 Å². The minimum atomic E-state index is -0.194. The van der Waals surface area contributed by atoms with Gasteiger partial charge in [0.25, 0.3) is 0 Å². The van der Waals surface area contributed by atoms with Gasteiger partial charge in [-0.3, -0.25) is 9.78 Å². The average molecular weight is 464 g/mol. The molecule has 33 heavy (non-hydrogen) atoms. The number of nitrogens with one attached hydrogen (secondary N) is 2. The number of benzene rings is 1. The molecule has 1 aromatic carbocycles. The highest BCUT2D eigenvalue weighted by Crippen LogP contribution is 2.42. The number of amides is 1. The first-order valence-corrected chi connectivity index (χ1v) is 11.3. The predicted molar refractivity (Wildman–Crippen MR) is 134 cm³/mol. The molecule has 0 saturated carbocycles. The van der Waals surface area contributed by atoms with Gasteiger partial charge in [0.05, 0.1) is 17.8 Å². The Morgan fingerprint density at radius 3 is 2.55 bits per heavy atom. The van der Waals surface area contributed by atoms with Crippen LogP contribution in [0.1, 0.15) is 44.1 Å². The summed E-state index contributed by atoms with van der Waals surface area (Å²) >= 11 is 5.79. The van der Waals surface area contributed by atoms with Gasteiger partial charge in [0.15, 0.2) is 5.11 Å². The van der Waals surface area contributed by atoms with Crippen molar-refractivity contribution in [3.05, 3.63) is 78.4 Å². The third-order valence-electron chi connectivity index (χ3n) is 5.63. The molecule has 3 heterocycles. The highest BCUT2D eigenvalue weighted by Gasteiger charge is 2.41. The second-order valence-corrected chi connectivity index (χ2v) is 9.43. The van der Waals surface area contributed by atoms with Gasteiger partial charge >= 0.3 is 0 Å². The molecular formula is C25H29N5O2S. The number of rotatable bonds is 6. The quantitative estimate of drug-likeness (QED) is 0.528. The van der Waals surface area contributed by atoms with E-state index in [2.05, 4.69) is 64.3 Å². The van der Waals surface area contributed by atoms with Crippen LogP contribution < -0.4 is 15.5 Å². The number of carbonyl (C=O) groups excluding carboxylic acids is 1. The molecule has 8 heteroatoms. The molecule has 1 amide bonds. The number of hydrogen-bond donors (Lipinski definition) is 2. The molecule has 0 unspecified atom stereocenters. The number of nitrogens with zero attached hydrogens (tertiary/aromatic N) is 3. The summed E-state index contributed by atoms with van der Waals surface area (Å²) in [6, 6.07) is 15.6. The molecule has 0 aliphatic carbocycles. The van der Waals surface area contributed by atoms with E-state index in [0.717, 1.165) is 16.9 Å². The lowest BCUT2D eigenvalue weighted by Crippen LogP contribution is -2.29. The van der Waals surface area contributed by atoms with Crippen molar-refractivity contribution in [2.24, 2.45) is 0 Å². The Kier molecular flexibility index (Phi) is 6.49. The van der Waals surface area contributed by atoms with Crippen molar-refractivity contribution < 1.29 is 9.53 Å². The van der Waals surface area contributed by atoms with E-state index in [1.807, 2.05) is 42.5 Å². The summed E-state index contributed by atoms with van der Waals surface area (Å²) in [5, 5.41) is 6.94. The van der Waals surface area contributed by atoms with E-state index in [1.54, 1.807) is 6.20 Å². The predicted octanol–water partition coefficient (Wildman–Crippen LogP) is 4.40. The Bertz CT molecular complexity index is 1120. The van der Waals surface area contributed by atoms with Gasteiger partial charge < -0.3 is 24.8 Å². The fraction of sp³-hybridized carbons (Fsp3) is 0.320. The molecule has 0 bridgehead atoms. The molecule has 1 fully saturated rings.